The Morgan fingerprint density at radius 3 is 2.50 bits per heavy atom. The second-order valence-electron chi connectivity index (χ2n) is 6.72. The molecule has 3 amide bonds. The maximum atomic E-state index is 12.4. The first kappa shape index (κ1) is 19.9. The number of hydrogen-bond donors (Lipinski definition) is 1. The van der Waals surface area contributed by atoms with Crippen molar-refractivity contribution >= 4 is 35.2 Å². The number of anilines is 1. The highest BCUT2D eigenvalue weighted by atomic mass is 32.2. The van der Waals surface area contributed by atoms with Crippen LogP contribution in [0.15, 0.2) is 53.4 Å². The lowest BCUT2D eigenvalue weighted by Crippen LogP contribution is -2.55. The molecular formula is C21H23N3O3S. The molecule has 0 aromatic heterocycles. The SMILES string of the molecule is CSc1cccc(NC(=O)CN2CCN(Cc3cccc(C)c3)C(=O)C2=O)c1. The van der Waals surface area contributed by atoms with E-state index in [1.54, 1.807) is 17.8 Å². The third kappa shape index (κ3) is 4.92. The highest BCUT2D eigenvalue weighted by molar-refractivity contribution is 7.98. The molecule has 1 aliphatic heterocycles. The van der Waals surface area contributed by atoms with E-state index >= 15 is 0 Å². The zero-order chi connectivity index (χ0) is 20.1. The van der Waals surface area contributed by atoms with E-state index in [9.17, 15) is 14.4 Å². The number of thioether (sulfide) groups is 1. The highest BCUT2D eigenvalue weighted by Gasteiger charge is 2.33. The summed E-state index contributed by atoms with van der Waals surface area (Å²) in [4.78, 5) is 41.1. The van der Waals surface area contributed by atoms with E-state index in [1.165, 1.54) is 9.80 Å². The van der Waals surface area contributed by atoms with Crippen LogP contribution >= 0.6 is 11.8 Å². The lowest BCUT2D eigenvalue weighted by atomic mass is 10.1. The molecule has 0 bridgehead atoms. The van der Waals surface area contributed by atoms with Gasteiger partial charge in [0.2, 0.25) is 5.91 Å². The van der Waals surface area contributed by atoms with Crippen molar-refractivity contribution in [1.82, 2.24) is 9.80 Å². The summed E-state index contributed by atoms with van der Waals surface area (Å²) in [6.07, 6.45) is 1.96. The number of rotatable bonds is 6. The number of nitrogens with zero attached hydrogens (tertiary/aromatic N) is 2. The van der Waals surface area contributed by atoms with Crippen molar-refractivity contribution in [2.24, 2.45) is 0 Å². The van der Waals surface area contributed by atoms with Gasteiger partial charge in [-0.05, 0) is 36.9 Å². The molecule has 28 heavy (non-hydrogen) atoms. The van der Waals surface area contributed by atoms with Crippen molar-refractivity contribution < 1.29 is 14.4 Å². The molecule has 1 fully saturated rings. The minimum absolute atomic E-state index is 0.133. The van der Waals surface area contributed by atoms with Crippen molar-refractivity contribution in [2.75, 3.05) is 31.2 Å². The van der Waals surface area contributed by atoms with Gasteiger partial charge < -0.3 is 15.1 Å². The lowest BCUT2D eigenvalue weighted by Gasteiger charge is -2.33. The van der Waals surface area contributed by atoms with Gasteiger partial charge in [0.25, 0.3) is 0 Å². The van der Waals surface area contributed by atoms with Gasteiger partial charge in [-0.3, -0.25) is 14.4 Å². The van der Waals surface area contributed by atoms with E-state index in [1.807, 2.05) is 55.6 Å². The molecule has 0 radical (unpaired) electrons. The molecule has 0 aliphatic carbocycles. The Labute approximate surface area is 168 Å². The van der Waals surface area contributed by atoms with Crippen LogP contribution in [0, 0.1) is 6.92 Å². The molecule has 1 heterocycles. The van der Waals surface area contributed by atoms with Gasteiger partial charge in [-0.2, -0.15) is 0 Å². The molecule has 0 saturated carbocycles. The first-order valence-electron chi connectivity index (χ1n) is 9.04. The van der Waals surface area contributed by atoms with Crippen LogP contribution in [0.25, 0.3) is 0 Å². The number of benzene rings is 2. The molecule has 2 aromatic rings. The third-order valence-corrected chi connectivity index (χ3v) is 5.27. The summed E-state index contributed by atoms with van der Waals surface area (Å²) in [7, 11) is 0. The minimum atomic E-state index is -0.632. The summed E-state index contributed by atoms with van der Waals surface area (Å²) in [6, 6.07) is 15.3. The van der Waals surface area contributed by atoms with Crippen molar-refractivity contribution in [3.05, 3.63) is 59.7 Å². The molecule has 6 nitrogen and oxygen atoms in total. The lowest BCUT2D eigenvalue weighted by molar-refractivity contribution is -0.157. The van der Waals surface area contributed by atoms with Crippen LogP contribution in [0.5, 0.6) is 0 Å². The Kier molecular flexibility index (Phi) is 6.36. The molecule has 0 spiro atoms. The standard InChI is InChI=1S/C21H23N3O3S/c1-15-5-3-6-16(11-15)13-23-9-10-24(21(27)20(23)26)14-19(25)22-17-7-4-8-18(12-17)28-2/h3-8,11-12H,9-10,13-14H2,1-2H3,(H,22,25). The van der Waals surface area contributed by atoms with Gasteiger partial charge in [0.15, 0.2) is 0 Å². The summed E-state index contributed by atoms with van der Waals surface area (Å²) < 4.78 is 0. The summed E-state index contributed by atoms with van der Waals surface area (Å²) in [5.74, 6) is -1.51. The average Bonchev–Trinajstić information content (AvgIpc) is 2.68. The molecule has 3 rings (SSSR count). The van der Waals surface area contributed by atoms with Gasteiger partial charge in [-0.1, -0.05) is 35.9 Å². The fourth-order valence-corrected chi connectivity index (χ4v) is 3.58. The number of aryl methyl sites for hydroxylation is 1. The first-order valence-corrected chi connectivity index (χ1v) is 10.3. The second kappa shape index (κ2) is 8.93. The van der Waals surface area contributed by atoms with Gasteiger partial charge in [0.1, 0.15) is 6.54 Å². The van der Waals surface area contributed by atoms with E-state index in [0.29, 0.717) is 25.3 Å². The number of carbonyl (C=O) groups is 3. The molecule has 1 aliphatic rings. The molecule has 1 N–H and O–H groups in total. The highest BCUT2D eigenvalue weighted by Crippen LogP contribution is 2.19. The number of hydrogen-bond acceptors (Lipinski definition) is 4. The largest absolute Gasteiger partial charge is 0.328 e. The van der Waals surface area contributed by atoms with Crippen molar-refractivity contribution in [2.45, 2.75) is 18.4 Å². The molecule has 0 unspecified atom stereocenters. The number of nitrogens with one attached hydrogen (secondary N) is 1. The zero-order valence-corrected chi connectivity index (χ0v) is 16.8. The van der Waals surface area contributed by atoms with Gasteiger partial charge in [0, 0.05) is 30.2 Å². The quantitative estimate of drug-likeness (QED) is 0.601. The second-order valence-corrected chi connectivity index (χ2v) is 7.60. The van der Waals surface area contributed by atoms with Crippen molar-refractivity contribution in [3.63, 3.8) is 0 Å². The predicted molar refractivity (Wildman–Crippen MR) is 110 cm³/mol. The normalized spacial score (nSPS) is 14.4. The van der Waals surface area contributed by atoms with Crippen molar-refractivity contribution in [1.29, 1.82) is 0 Å². The van der Waals surface area contributed by atoms with Crippen LogP contribution in [-0.4, -0.2) is 53.4 Å². The molecular weight excluding hydrogens is 374 g/mol. The number of piperazine rings is 1. The summed E-state index contributed by atoms with van der Waals surface area (Å²) in [5, 5.41) is 2.79. The topological polar surface area (TPSA) is 69.7 Å². The zero-order valence-electron chi connectivity index (χ0n) is 16.0. The molecule has 0 atom stereocenters. The maximum absolute atomic E-state index is 12.4. The predicted octanol–water partition coefficient (Wildman–Crippen LogP) is 2.53. The minimum Gasteiger partial charge on any atom is -0.328 e. The summed E-state index contributed by atoms with van der Waals surface area (Å²) in [5.41, 5.74) is 2.77. The van der Waals surface area contributed by atoms with Crippen LogP contribution in [0.1, 0.15) is 11.1 Å². The molecule has 7 heteroatoms. The van der Waals surface area contributed by atoms with E-state index in [-0.39, 0.29) is 12.5 Å². The van der Waals surface area contributed by atoms with E-state index in [4.69, 9.17) is 0 Å². The Morgan fingerprint density at radius 2 is 1.75 bits per heavy atom. The van der Waals surface area contributed by atoms with Gasteiger partial charge in [-0.25, -0.2) is 0 Å². The van der Waals surface area contributed by atoms with E-state index in [2.05, 4.69) is 5.32 Å². The van der Waals surface area contributed by atoms with Crippen molar-refractivity contribution in [3.8, 4) is 0 Å². The first-order chi connectivity index (χ1) is 13.5. The van der Waals surface area contributed by atoms with Crippen LogP contribution < -0.4 is 5.32 Å². The summed E-state index contributed by atoms with van der Waals surface area (Å²) in [6.45, 7) is 3.00. The average molecular weight is 398 g/mol. The van der Waals surface area contributed by atoms with Crippen LogP contribution in [0.4, 0.5) is 5.69 Å². The molecule has 2 aromatic carbocycles. The van der Waals surface area contributed by atoms with Gasteiger partial charge >= 0.3 is 11.8 Å². The van der Waals surface area contributed by atoms with E-state index in [0.717, 1.165) is 16.0 Å². The number of amides is 3. The maximum Gasteiger partial charge on any atom is 0.312 e. The fraction of sp³-hybridized carbons (Fsp3) is 0.286. The van der Waals surface area contributed by atoms with Gasteiger partial charge in [0.05, 0.1) is 0 Å². The molecule has 1 saturated heterocycles. The molecule has 146 valence electrons. The number of carbonyl (C=O) groups excluding carboxylic acids is 3. The third-order valence-electron chi connectivity index (χ3n) is 4.54. The smallest absolute Gasteiger partial charge is 0.312 e. The Balaban J connectivity index is 1.57. The Morgan fingerprint density at radius 1 is 1.04 bits per heavy atom. The fourth-order valence-electron chi connectivity index (χ4n) is 3.12. The van der Waals surface area contributed by atoms with Crippen LogP contribution in [0.2, 0.25) is 0 Å². The summed E-state index contributed by atoms with van der Waals surface area (Å²) >= 11 is 1.58. The van der Waals surface area contributed by atoms with Crippen LogP contribution in [0.3, 0.4) is 0 Å². The Bertz CT molecular complexity index is 900. The Hall–Kier alpha value is -2.80. The van der Waals surface area contributed by atoms with Gasteiger partial charge in [-0.15, -0.1) is 11.8 Å². The van der Waals surface area contributed by atoms with E-state index < -0.39 is 11.8 Å². The van der Waals surface area contributed by atoms with Crippen LogP contribution in [-0.2, 0) is 20.9 Å². The monoisotopic (exact) mass is 397 g/mol.